The fraction of sp³-hybridized carbons (Fsp3) is 0.118. The molecule has 2 aromatic rings. The fourth-order valence-electron chi connectivity index (χ4n) is 1.81. The van der Waals surface area contributed by atoms with Crippen molar-refractivity contribution >= 4 is 41.2 Å². The first-order valence-electron chi connectivity index (χ1n) is 7.19. The number of hydrogen-bond donors (Lipinski definition) is 2. The Morgan fingerprint density at radius 1 is 1.12 bits per heavy atom. The van der Waals surface area contributed by atoms with Gasteiger partial charge in [-0.1, -0.05) is 23.2 Å². The van der Waals surface area contributed by atoms with Crippen molar-refractivity contribution in [3.8, 4) is 5.75 Å². The Morgan fingerprint density at radius 3 is 2.48 bits per heavy atom. The van der Waals surface area contributed by atoms with E-state index in [2.05, 4.69) is 15.8 Å². The summed E-state index contributed by atoms with van der Waals surface area (Å²) in [5.41, 5.74) is 3.43. The number of amides is 2. The predicted molar refractivity (Wildman–Crippen MR) is 97.5 cm³/mol. The van der Waals surface area contributed by atoms with Gasteiger partial charge in [-0.05, 0) is 48.0 Å². The minimum atomic E-state index is -0.460. The highest BCUT2D eigenvalue weighted by atomic mass is 35.5. The monoisotopic (exact) mass is 379 g/mol. The van der Waals surface area contributed by atoms with Crippen molar-refractivity contribution in [1.82, 2.24) is 10.7 Å². The van der Waals surface area contributed by atoms with Crippen molar-refractivity contribution < 1.29 is 14.3 Å². The average Bonchev–Trinajstić information content (AvgIpc) is 2.62. The van der Waals surface area contributed by atoms with Crippen LogP contribution in [0.3, 0.4) is 0 Å². The largest absolute Gasteiger partial charge is 0.497 e. The molecule has 2 N–H and O–H groups in total. The molecule has 130 valence electrons. The Hall–Kier alpha value is -2.57. The van der Waals surface area contributed by atoms with Crippen molar-refractivity contribution in [2.24, 2.45) is 5.10 Å². The van der Waals surface area contributed by atoms with Gasteiger partial charge in [-0.25, -0.2) is 5.43 Å². The molecule has 8 heteroatoms. The lowest BCUT2D eigenvalue weighted by Gasteiger charge is -2.05. The number of carbonyl (C=O) groups is 2. The van der Waals surface area contributed by atoms with Crippen LogP contribution in [0.5, 0.6) is 5.75 Å². The van der Waals surface area contributed by atoms with E-state index in [4.69, 9.17) is 27.9 Å². The van der Waals surface area contributed by atoms with Crippen molar-refractivity contribution in [2.75, 3.05) is 13.7 Å². The molecule has 0 fully saturated rings. The molecule has 0 atom stereocenters. The summed E-state index contributed by atoms with van der Waals surface area (Å²) in [4.78, 5) is 23.6. The third kappa shape index (κ3) is 5.77. The Labute approximate surface area is 154 Å². The van der Waals surface area contributed by atoms with E-state index >= 15 is 0 Å². The van der Waals surface area contributed by atoms with Crippen LogP contribution < -0.4 is 15.5 Å². The smallest absolute Gasteiger partial charge is 0.259 e. The van der Waals surface area contributed by atoms with Crippen LogP contribution >= 0.6 is 23.2 Å². The maximum absolute atomic E-state index is 11.9. The number of methoxy groups -OCH3 is 1. The van der Waals surface area contributed by atoms with E-state index in [1.54, 1.807) is 31.4 Å². The minimum Gasteiger partial charge on any atom is -0.497 e. The van der Waals surface area contributed by atoms with E-state index in [9.17, 15) is 9.59 Å². The van der Waals surface area contributed by atoms with Crippen LogP contribution in [-0.2, 0) is 4.79 Å². The zero-order chi connectivity index (χ0) is 18.2. The zero-order valence-electron chi connectivity index (χ0n) is 13.3. The van der Waals surface area contributed by atoms with E-state index in [-0.39, 0.29) is 11.6 Å². The van der Waals surface area contributed by atoms with Gasteiger partial charge in [-0.15, -0.1) is 0 Å². The second-order valence-electron chi connectivity index (χ2n) is 4.88. The lowest BCUT2D eigenvalue weighted by molar-refractivity contribution is -0.120. The summed E-state index contributed by atoms with van der Waals surface area (Å²) < 4.78 is 5.05. The van der Waals surface area contributed by atoms with Crippen LogP contribution in [0.15, 0.2) is 47.6 Å². The number of carbonyl (C=O) groups excluding carboxylic acids is 2. The van der Waals surface area contributed by atoms with Gasteiger partial charge in [-0.2, -0.15) is 5.10 Å². The number of benzene rings is 2. The fourth-order valence-corrected chi connectivity index (χ4v) is 2.11. The van der Waals surface area contributed by atoms with Crippen molar-refractivity contribution in [3.63, 3.8) is 0 Å². The molecule has 0 heterocycles. The van der Waals surface area contributed by atoms with E-state index in [1.165, 1.54) is 24.4 Å². The van der Waals surface area contributed by atoms with Gasteiger partial charge in [0.2, 0.25) is 0 Å². The van der Waals surface area contributed by atoms with Gasteiger partial charge in [0, 0.05) is 5.56 Å². The zero-order valence-corrected chi connectivity index (χ0v) is 14.8. The Morgan fingerprint density at radius 2 is 1.84 bits per heavy atom. The summed E-state index contributed by atoms with van der Waals surface area (Å²) in [6.07, 6.45) is 1.48. The van der Waals surface area contributed by atoms with Crippen LogP contribution in [-0.4, -0.2) is 31.7 Å². The number of hydrazone groups is 1. The molecular weight excluding hydrogens is 365 g/mol. The number of hydrogen-bond acceptors (Lipinski definition) is 4. The number of halogens is 2. The number of ether oxygens (including phenoxy) is 1. The van der Waals surface area contributed by atoms with Crippen LogP contribution in [0.2, 0.25) is 10.0 Å². The number of nitrogens with one attached hydrogen (secondary N) is 2. The van der Waals surface area contributed by atoms with Gasteiger partial charge in [0.05, 0.1) is 29.9 Å². The van der Waals surface area contributed by atoms with Crippen molar-refractivity contribution in [1.29, 1.82) is 0 Å². The molecule has 0 bridgehead atoms. The molecular formula is C17H15Cl2N3O3. The SMILES string of the molecule is COc1ccc(/C=N\NC(=O)CNC(=O)c2ccc(Cl)c(Cl)c2)cc1. The van der Waals surface area contributed by atoms with Crippen molar-refractivity contribution in [3.05, 3.63) is 63.6 Å². The topological polar surface area (TPSA) is 79.8 Å². The molecule has 0 radical (unpaired) electrons. The average molecular weight is 380 g/mol. The molecule has 0 aliphatic heterocycles. The van der Waals surface area contributed by atoms with E-state index in [0.717, 1.165) is 11.3 Å². The summed E-state index contributed by atoms with van der Waals surface area (Å²) in [6, 6.07) is 11.6. The quantitative estimate of drug-likeness (QED) is 0.598. The van der Waals surface area contributed by atoms with Gasteiger partial charge in [0.25, 0.3) is 11.8 Å². The molecule has 0 saturated heterocycles. The third-order valence-electron chi connectivity index (χ3n) is 3.11. The molecule has 2 aromatic carbocycles. The van der Waals surface area contributed by atoms with Crippen molar-refractivity contribution in [2.45, 2.75) is 0 Å². The van der Waals surface area contributed by atoms with Gasteiger partial charge in [0.15, 0.2) is 0 Å². The molecule has 0 spiro atoms. The molecule has 6 nitrogen and oxygen atoms in total. The standard InChI is InChI=1S/C17H15Cl2N3O3/c1-25-13-5-2-11(3-6-13)9-21-22-16(23)10-20-17(24)12-4-7-14(18)15(19)8-12/h2-9H,10H2,1H3,(H,20,24)(H,22,23)/b21-9-. The first-order valence-corrected chi connectivity index (χ1v) is 7.94. The summed E-state index contributed by atoms with van der Waals surface area (Å²) in [6.45, 7) is -0.223. The predicted octanol–water partition coefficient (Wildman–Crippen LogP) is 2.88. The van der Waals surface area contributed by atoms with Gasteiger partial charge < -0.3 is 10.1 Å². The van der Waals surface area contributed by atoms with E-state index < -0.39 is 11.8 Å². The van der Waals surface area contributed by atoms with Crippen LogP contribution in [0.25, 0.3) is 0 Å². The highest BCUT2D eigenvalue weighted by molar-refractivity contribution is 6.42. The summed E-state index contributed by atoms with van der Waals surface area (Å²) in [5, 5.41) is 6.90. The van der Waals surface area contributed by atoms with Crippen LogP contribution in [0.4, 0.5) is 0 Å². The summed E-state index contributed by atoms with van der Waals surface area (Å²) in [5.74, 6) is -0.169. The molecule has 0 saturated carbocycles. The molecule has 0 aromatic heterocycles. The molecule has 25 heavy (non-hydrogen) atoms. The normalized spacial score (nSPS) is 10.5. The second kappa shape index (κ2) is 9.05. The molecule has 0 unspecified atom stereocenters. The Kier molecular flexibility index (Phi) is 6.80. The second-order valence-corrected chi connectivity index (χ2v) is 5.69. The lowest BCUT2D eigenvalue weighted by Crippen LogP contribution is -2.34. The maximum Gasteiger partial charge on any atom is 0.259 e. The third-order valence-corrected chi connectivity index (χ3v) is 3.85. The van der Waals surface area contributed by atoms with E-state index in [0.29, 0.717) is 10.6 Å². The molecule has 0 aliphatic carbocycles. The number of rotatable bonds is 6. The maximum atomic E-state index is 11.9. The summed E-state index contributed by atoms with van der Waals surface area (Å²) >= 11 is 11.6. The first kappa shape index (κ1) is 18.8. The van der Waals surface area contributed by atoms with Gasteiger partial charge in [0.1, 0.15) is 5.75 Å². The Balaban J connectivity index is 1.80. The summed E-state index contributed by atoms with van der Waals surface area (Å²) in [7, 11) is 1.58. The van der Waals surface area contributed by atoms with Crippen LogP contribution in [0.1, 0.15) is 15.9 Å². The van der Waals surface area contributed by atoms with Gasteiger partial charge in [-0.3, -0.25) is 9.59 Å². The van der Waals surface area contributed by atoms with Gasteiger partial charge >= 0.3 is 0 Å². The molecule has 2 amide bonds. The Bertz CT molecular complexity index is 792. The minimum absolute atomic E-state index is 0.223. The lowest BCUT2D eigenvalue weighted by atomic mass is 10.2. The highest BCUT2D eigenvalue weighted by Gasteiger charge is 2.09. The first-order chi connectivity index (χ1) is 12.0. The highest BCUT2D eigenvalue weighted by Crippen LogP contribution is 2.22. The van der Waals surface area contributed by atoms with Crippen LogP contribution in [0, 0.1) is 0 Å². The van der Waals surface area contributed by atoms with E-state index in [1.807, 2.05) is 0 Å². The number of nitrogens with zero attached hydrogens (tertiary/aromatic N) is 1. The molecule has 2 rings (SSSR count). The molecule has 0 aliphatic rings.